The molecule has 1 N–H and O–H groups in total. The zero-order valence-electron chi connectivity index (χ0n) is 15.8. The van der Waals surface area contributed by atoms with Gasteiger partial charge in [0.05, 0.1) is 31.3 Å². The molecule has 28 heavy (non-hydrogen) atoms. The van der Waals surface area contributed by atoms with Crippen molar-refractivity contribution in [2.24, 2.45) is 13.0 Å². The monoisotopic (exact) mass is 389 g/mol. The summed E-state index contributed by atoms with van der Waals surface area (Å²) in [7, 11) is 1.64. The Kier molecular flexibility index (Phi) is 5.38. The van der Waals surface area contributed by atoms with E-state index >= 15 is 0 Å². The van der Waals surface area contributed by atoms with Crippen molar-refractivity contribution in [3.05, 3.63) is 34.6 Å². The highest BCUT2D eigenvalue weighted by molar-refractivity contribution is 5.45. The molecule has 0 spiro atoms. The molecule has 2 aliphatic heterocycles. The van der Waals surface area contributed by atoms with Crippen LogP contribution < -0.4 is 20.7 Å². The van der Waals surface area contributed by atoms with E-state index in [9.17, 15) is 9.18 Å². The molecule has 0 saturated carbocycles. The van der Waals surface area contributed by atoms with Crippen LogP contribution in [0.5, 0.6) is 0 Å². The summed E-state index contributed by atoms with van der Waals surface area (Å²) < 4.78 is 20.7. The first-order chi connectivity index (χ1) is 13.6. The van der Waals surface area contributed by atoms with Crippen molar-refractivity contribution in [3.8, 4) is 0 Å². The van der Waals surface area contributed by atoms with E-state index in [4.69, 9.17) is 4.74 Å². The SMILES string of the molecule is Cn1ncc(N2CC[C@@H](CNc3ncc(F)c(N4CCOCC4)n3)C2)cc1=O. The van der Waals surface area contributed by atoms with Gasteiger partial charge >= 0.3 is 0 Å². The third-order valence-electron chi connectivity index (χ3n) is 5.19. The van der Waals surface area contributed by atoms with Crippen molar-refractivity contribution < 1.29 is 9.13 Å². The van der Waals surface area contributed by atoms with Crippen molar-refractivity contribution >= 4 is 17.5 Å². The largest absolute Gasteiger partial charge is 0.378 e. The lowest BCUT2D eigenvalue weighted by Crippen LogP contribution is -2.37. The Balaban J connectivity index is 1.36. The molecule has 150 valence electrons. The maximum Gasteiger partial charge on any atom is 0.268 e. The number of aryl methyl sites for hydroxylation is 1. The minimum Gasteiger partial charge on any atom is -0.378 e. The summed E-state index contributed by atoms with van der Waals surface area (Å²) in [5.41, 5.74) is 0.729. The molecular weight excluding hydrogens is 365 g/mol. The number of aromatic nitrogens is 4. The van der Waals surface area contributed by atoms with E-state index in [0.29, 0.717) is 50.5 Å². The molecule has 4 rings (SSSR count). The minimum absolute atomic E-state index is 0.116. The summed E-state index contributed by atoms with van der Waals surface area (Å²) in [5, 5.41) is 7.31. The molecule has 2 aromatic heterocycles. The first kappa shape index (κ1) is 18.6. The van der Waals surface area contributed by atoms with E-state index in [-0.39, 0.29) is 5.56 Å². The third-order valence-corrected chi connectivity index (χ3v) is 5.19. The summed E-state index contributed by atoms with van der Waals surface area (Å²) in [6.45, 7) is 4.75. The van der Waals surface area contributed by atoms with Gasteiger partial charge in [0.25, 0.3) is 5.56 Å². The van der Waals surface area contributed by atoms with Crippen LogP contribution in [0.25, 0.3) is 0 Å². The van der Waals surface area contributed by atoms with Crippen LogP contribution in [-0.2, 0) is 11.8 Å². The van der Waals surface area contributed by atoms with Gasteiger partial charge in [-0.15, -0.1) is 0 Å². The second-order valence-corrected chi connectivity index (χ2v) is 7.12. The van der Waals surface area contributed by atoms with Crippen molar-refractivity contribution in [3.63, 3.8) is 0 Å². The number of hydrogen-bond acceptors (Lipinski definition) is 8. The van der Waals surface area contributed by atoms with Crippen LogP contribution in [0.3, 0.4) is 0 Å². The van der Waals surface area contributed by atoms with Crippen LogP contribution in [0.2, 0.25) is 0 Å². The molecule has 2 aliphatic rings. The van der Waals surface area contributed by atoms with E-state index in [1.165, 1.54) is 10.9 Å². The van der Waals surface area contributed by atoms with Gasteiger partial charge < -0.3 is 19.9 Å². The average molecular weight is 389 g/mol. The van der Waals surface area contributed by atoms with Gasteiger partial charge in [-0.25, -0.2) is 14.1 Å². The van der Waals surface area contributed by atoms with E-state index in [1.807, 2.05) is 4.90 Å². The second-order valence-electron chi connectivity index (χ2n) is 7.12. The Morgan fingerprint density at radius 2 is 2.07 bits per heavy atom. The fourth-order valence-electron chi connectivity index (χ4n) is 3.54. The first-order valence-electron chi connectivity index (χ1n) is 9.47. The van der Waals surface area contributed by atoms with Crippen molar-refractivity contribution in [2.45, 2.75) is 6.42 Å². The molecule has 0 bridgehead atoms. The van der Waals surface area contributed by atoms with E-state index in [1.54, 1.807) is 19.3 Å². The highest BCUT2D eigenvalue weighted by Gasteiger charge is 2.24. The number of ether oxygens (including phenoxy) is 1. The molecule has 0 aliphatic carbocycles. The average Bonchev–Trinajstić information content (AvgIpc) is 3.19. The number of rotatable bonds is 5. The van der Waals surface area contributed by atoms with Crippen LogP contribution in [0.1, 0.15) is 6.42 Å². The Hall–Kier alpha value is -2.75. The molecule has 2 saturated heterocycles. The topological polar surface area (TPSA) is 88.4 Å². The maximum atomic E-state index is 14.1. The summed E-state index contributed by atoms with van der Waals surface area (Å²) in [5.74, 6) is 0.707. The fourth-order valence-corrected chi connectivity index (χ4v) is 3.54. The number of anilines is 3. The van der Waals surface area contributed by atoms with Gasteiger partial charge in [0, 0.05) is 45.8 Å². The molecule has 0 radical (unpaired) electrons. The fraction of sp³-hybridized carbons (Fsp3) is 0.556. The van der Waals surface area contributed by atoms with Gasteiger partial charge in [-0.05, 0) is 12.3 Å². The van der Waals surface area contributed by atoms with Gasteiger partial charge in [-0.3, -0.25) is 4.79 Å². The minimum atomic E-state index is -0.419. The standard InChI is InChI=1S/C18H24FN7O2/c1-24-16(27)8-14(10-22-24)26-3-2-13(12-26)9-20-18-21-11-15(19)17(23-18)25-4-6-28-7-5-25/h8,10-11,13H,2-7,9,12H2,1H3,(H,20,21,23)/t13-/m0/s1. The van der Waals surface area contributed by atoms with Gasteiger partial charge in [-0.1, -0.05) is 0 Å². The van der Waals surface area contributed by atoms with Crippen LogP contribution in [-0.4, -0.2) is 65.7 Å². The molecule has 2 aromatic rings. The number of nitrogens with one attached hydrogen (secondary N) is 1. The summed E-state index contributed by atoms with van der Waals surface area (Å²) in [6, 6.07) is 1.61. The van der Waals surface area contributed by atoms with Crippen molar-refractivity contribution in [1.29, 1.82) is 0 Å². The molecule has 0 aromatic carbocycles. The van der Waals surface area contributed by atoms with Crippen molar-refractivity contribution in [1.82, 2.24) is 19.7 Å². The van der Waals surface area contributed by atoms with Gasteiger partial charge in [0.2, 0.25) is 5.95 Å². The molecule has 10 heteroatoms. The molecule has 4 heterocycles. The highest BCUT2D eigenvalue weighted by atomic mass is 19.1. The molecule has 0 amide bonds. The Morgan fingerprint density at radius 3 is 2.86 bits per heavy atom. The Labute approximate surface area is 162 Å². The van der Waals surface area contributed by atoms with Crippen LogP contribution in [0.15, 0.2) is 23.3 Å². The van der Waals surface area contributed by atoms with Crippen LogP contribution in [0, 0.1) is 11.7 Å². The van der Waals surface area contributed by atoms with Gasteiger partial charge in [0.1, 0.15) is 0 Å². The smallest absolute Gasteiger partial charge is 0.268 e. The molecule has 2 fully saturated rings. The summed E-state index contributed by atoms with van der Waals surface area (Å²) >= 11 is 0. The predicted molar refractivity (Wildman–Crippen MR) is 103 cm³/mol. The van der Waals surface area contributed by atoms with Gasteiger partial charge in [0.15, 0.2) is 11.6 Å². The lowest BCUT2D eigenvalue weighted by molar-refractivity contribution is 0.122. The Bertz CT molecular complexity index is 884. The molecule has 9 nitrogen and oxygen atoms in total. The number of morpholine rings is 1. The zero-order chi connectivity index (χ0) is 19.5. The molecular formula is C18H24FN7O2. The Morgan fingerprint density at radius 1 is 1.25 bits per heavy atom. The molecule has 0 unspecified atom stereocenters. The molecule has 1 atom stereocenters. The van der Waals surface area contributed by atoms with E-state index in [0.717, 1.165) is 25.2 Å². The predicted octanol–water partition coefficient (Wildman–Crippen LogP) is 0.484. The third kappa shape index (κ3) is 4.06. The second kappa shape index (κ2) is 8.09. The first-order valence-corrected chi connectivity index (χ1v) is 9.47. The van der Waals surface area contributed by atoms with Gasteiger partial charge in [-0.2, -0.15) is 10.1 Å². The van der Waals surface area contributed by atoms with E-state index < -0.39 is 5.82 Å². The lowest BCUT2D eigenvalue weighted by Gasteiger charge is -2.28. The number of nitrogens with zero attached hydrogens (tertiary/aromatic N) is 6. The highest BCUT2D eigenvalue weighted by Crippen LogP contribution is 2.23. The number of halogens is 1. The quantitative estimate of drug-likeness (QED) is 0.790. The van der Waals surface area contributed by atoms with Crippen LogP contribution in [0.4, 0.5) is 21.8 Å². The zero-order valence-corrected chi connectivity index (χ0v) is 15.8. The summed E-state index contributed by atoms with van der Waals surface area (Å²) in [4.78, 5) is 24.3. The van der Waals surface area contributed by atoms with Crippen molar-refractivity contribution in [2.75, 3.05) is 61.1 Å². The maximum absolute atomic E-state index is 14.1. The van der Waals surface area contributed by atoms with Crippen LogP contribution >= 0.6 is 0 Å². The number of hydrogen-bond donors (Lipinski definition) is 1. The normalized spacial score (nSPS) is 19.9. The summed E-state index contributed by atoms with van der Waals surface area (Å²) in [6.07, 6.45) is 3.92. The van der Waals surface area contributed by atoms with E-state index in [2.05, 4.69) is 25.3 Å². The lowest BCUT2D eigenvalue weighted by atomic mass is 10.1.